The molecule has 34 heavy (non-hydrogen) atoms. The fourth-order valence-corrected chi connectivity index (χ4v) is 4.33. The number of nitrogens with zero attached hydrogens (tertiary/aromatic N) is 3. The third kappa shape index (κ3) is 5.14. The van der Waals surface area contributed by atoms with Crippen LogP contribution < -0.4 is 10.6 Å². The van der Waals surface area contributed by atoms with E-state index in [0.717, 1.165) is 16.8 Å². The third-order valence-corrected chi connectivity index (χ3v) is 6.19. The second-order valence-corrected chi connectivity index (χ2v) is 10.0. The number of para-hydroxylation sites is 1. The highest BCUT2D eigenvalue weighted by Gasteiger charge is 2.34. The van der Waals surface area contributed by atoms with Gasteiger partial charge in [0.15, 0.2) is 5.69 Å². The highest BCUT2D eigenvalue weighted by molar-refractivity contribution is 7.10. The summed E-state index contributed by atoms with van der Waals surface area (Å²) in [4.78, 5) is 26.4. The maximum atomic E-state index is 13.4. The van der Waals surface area contributed by atoms with Crippen LogP contribution in [0.3, 0.4) is 0 Å². The first-order valence-corrected chi connectivity index (χ1v) is 11.6. The van der Waals surface area contributed by atoms with E-state index in [1.807, 2.05) is 52.0 Å². The maximum absolute atomic E-state index is 13.4. The molecule has 0 saturated carbocycles. The van der Waals surface area contributed by atoms with E-state index < -0.39 is 17.4 Å². The number of nitrogens with one attached hydrogen (secondary N) is 2. The fourth-order valence-electron chi connectivity index (χ4n) is 3.67. The van der Waals surface area contributed by atoms with Crippen molar-refractivity contribution in [1.82, 2.24) is 19.5 Å². The summed E-state index contributed by atoms with van der Waals surface area (Å²) in [6, 6.07) is 14.6. The maximum Gasteiger partial charge on any atom is 0.273 e. The van der Waals surface area contributed by atoms with Gasteiger partial charge in [0.25, 0.3) is 5.91 Å². The topological polar surface area (TPSA) is 88.9 Å². The summed E-state index contributed by atoms with van der Waals surface area (Å²) in [6.45, 7) is 7.90. The molecule has 0 aliphatic rings. The Bertz CT molecular complexity index is 1340. The molecule has 9 heteroatoms. The Hall–Kier alpha value is -3.59. The van der Waals surface area contributed by atoms with Gasteiger partial charge in [-0.1, -0.05) is 51.1 Å². The van der Waals surface area contributed by atoms with Crippen molar-refractivity contribution in [2.75, 3.05) is 5.32 Å². The Balaban J connectivity index is 1.61. The number of carbonyl (C=O) groups is 2. The van der Waals surface area contributed by atoms with E-state index in [9.17, 15) is 14.0 Å². The number of hydrogen-bond acceptors (Lipinski definition) is 5. The largest absolute Gasteiger partial charge is 0.338 e. The van der Waals surface area contributed by atoms with Crippen molar-refractivity contribution in [3.63, 3.8) is 0 Å². The van der Waals surface area contributed by atoms with Crippen LogP contribution in [0, 0.1) is 18.2 Å². The number of aromatic nitrogens is 3. The lowest BCUT2D eigenvalue weighted by molar-refractivity contribution is -0.120. The van der Waals surface area contributed by atoms with Crippen molar-refractivity contribution in [2.24, 2.45) is 5.41 Å². The van der Waals surface area contributed by atoms with Crippen LogP contribution in [-0.2, 0) is 11.3 Å². The van der Waals surface area contributed by atoms with Gasteiger partial charge in [0.05, 0.1) is 17.8 Å². The summed E-state index contributed by atoms with van der Waals surface area (Å²) in [7, 11) is 0. The van der Waals surface area contributed by atoms with Crippen molar-refractivity contribution >= 4 is 39.3 Å². The first-order valence-electron chi connectivity index (χ1n) is 10.9. The van der Waals surface area contributed by atoms with Crippen LogP contribution in [0.5, 0.6) is 0 Å². The van der Waals surface area contributed by atoms with Gasteiger partial charge in [0.1, 0.15) is 16.9 Å². The van der Waals surface area contributed by atoms with Crippen LogP contribution in [0.2, 0.25) is 0 Å². The molecular weight excluding hydrogens is 453 g/mol. The van der Waals surface area contributed by atoms with Gasteiger partial charge in [-0.3, -0.25) is 14.3 Å². The van der Waals surface area contributed by atoms with E-state index in [-0.39, 0.29) is 17.4 Å². The number of aryl methyl sites for hydroxylation is 1. The molecule has 0 saturated heterocycles. The minimum atomic E-state index is -0.802. The molecular formula is C25H26FN5O2S. The lowest BCUT2D eigenvalue weighted by Crippen LogP contribution is -2.51. The first kappa shape index (κ1) is 23.6. The normalized spacial score (nSPS) is 12.5. The molecule has 1 unspecified atom stereocenters. The van der Waals surface area contributed by atoms with Gasteiger partial charge in [0, 0.05) is 5.39 Å². The van der Waals surface area contributed by atoms with E-state index in [0.29, 0.717) is 16.9 Å². The zero-order valence-electron chi connectivity index (χ0n) is 19.4. The van der Waals surface area contributed by atoms with Crippen molar-refractivity contribution in [1.29, 1.82) is 0 Å². The molecule has 4 rings (SSSR count). The van der Waals surface area contributed by atoms with E-state index in [4.69, 9.17) is 0 Å². The summed E-state index contributed by atoms with van der Waals surface area (Å²) in [5.41, 5.74) is 2.12. The van der Waals surface area contributed by atoms with Crippen molar-refractivity contribution in [3.05, 3.63) is 77.4 Å². The molecule has 0 radical (unpaired) electrons. The first-order chi connectivity index (χ1) is 16.1. The second-order valence-electron chi connectivity index (χ2n) is 9.24. The standard InChI is InChI=1S/C25H26FN5O2S/c1-15-13-20(34-30-15)27-24(33)22(25(2,3)4)28-23(32)21-18-7-5-6-8-19(18)31(29-21)14-16-9-11-17(26)12-10-16/h5-13,22H,14H2,1-4H3,(H,27,33)(H,28,32). The monoisotopic (exact) mass is 479 g/mol. The molecule has 0 bridgehead atoms. The number of benzene rings is 2. The summed E-state index contributed by atoms with van der Waals surface area (Å²) < 4.78 is 19.2. The van der Waals surface area contributed by atoms with Gasteiger partial charge >= 0.3 is 0 Å². The zero-order chi connectivity index (χ0) is 24.5. The van der Waals surface area contributed by atoms with Gasteiger partial charge in [-0.05, 0) is 53.7 Å². The van der Waals surface area contributed by atoms with Gasteiger partial charge < -0.3 is 10.6 Å². The van der Waals surface area contributed by atoms with Crippen molar-refractivity contribution in [3.8, 4) is 0 Å². The van der Waals surface area contributed by atoms with Crippen LogP contribution in [0.1, 0.15) is 42.5 Å². The second kappa shape index (κ2) is 9.34. The van der Waals surface area contributed by atoms with Crippen molar-refractivity contribution < 1.29 is 14.0 Å². The molecule has 2 aromatic carbocycles. The number of hydrogen-bond donors (Lipinski definition) is 2. The number of anilines is 1. The van der Waals surface area contributed by atoms with E-state index in [2.05, 4.69) is 20.1 Å². The smallest absolute Gasteiger partial charge is 0.273 e. The van der Waals surface area contributed by atoms with Crippen LogP contribution in [0.25, 0.3) is 10.9 Å². The molecule has 2 heterocycles. The van der Waals surface area contributed by atoms with Crippen LogP contribution in [-0.4, -0.2) is 32.0 Å². The number of halogens is 1. The van der Waals surface area contributed by atoms with Crippen molar-refractivity contribution in [2.45, 2.75) is 40.3 Å². The number of amides is 2. The Labute approximate surface area is 201 Å². The van der Waals surface area contributed by atoms with Crippen LogP contribution in [0.15, 0.2) is 54.6 Å². The number of carbonyl (C=O) groups excluding carboxylic acids is 2. The Morgan fingerprint density at radius 2 is 1.82 bits per heavy atom. The lowest BCUT2D eigenvalue weighted by atomic mass is 9.86. The number of rotatable bonds is 6. The third-order valence-electron chi connectivity index (χ3n) is 5.40. The SMILES string of the molecule is Cc1cc(NC(=O)C(NC(=O)c2nn(Cc3ccc(F)cc3)c3ccccc23)C(C)(C)C)sn1. The molecule has 7 nitrogen and oxygen atoms in total. The molecule has 2 aromatic heterocycles. The minimum absolute atomic E-state index is 0.230. The average molecular weight is 480 g/mol. The minimum Gasteiger partial charge on any atom is -0.338 e. The Morgan fingerprint density at radius 1 is 1.12 bits per heavy atom. The van der Waals surface area contributed by atoms with Gasteiger partial charge in [-0.15, -0.1) is 0 Å². The van der Waals surface area contributed by atoms with E-state index >= 15 is 0 Å². The Morgan fingerprint density at radius 3 is 2.47 bits per heavy atom. The van der Waals surface area contributed by atoms with Gasteiger partial charge in [-0.25, -0.2) is 4.39 Å². The summed E-state index contributed by atoms with van der Waals surface area (Å²) in [5, 5.41) is 11.6. The molecule has 4 aromatic rings. The predicted octanol–water partition coefficient (Wildman–Crippen LogP) is 4.77. The van der Waals surface area contributed by atoms with E-state index in [1.54, 1.807) is 22.9 Å². The highest BCUT2D eigenvalue weighted by Crippen LogP contribution is 2.25. The quantitative estimate of drug-likeness (QED) is 0.417. The molecule has 0 fully saturated rings. The van der Waals surface area contributed by atoms with Crippen LogP contribution >= 0.6 is 11.5 Å². The summed E-state index contributed by atoms with van der Waals surface area (Å²) in [6.07, 6.45) is 0. The number of fused-ring (bicyclic) bond motifs is 1. The molecule has 0 spiro atoms. The molecule has 1 atom stereocenters. The lowest BCUT2D eigenvalue weighted by Gasteiger charge is -2.29. The molecule has 0 aliphatic carbocycles. The fraction of sp³-hybridized carbons (Fsp3) is 0.280. The van der Waals surface area contributed by atoms with Gasteiger partial charge in [-0.2, -0.15) is 9.47 Å². The van der Waals surface area contributed by atoms with Crippen LogP contribution in [0.4, 0.5) is 9.39 Å². The van der Waals surface area contributed by atoms with E-state index in [1.165, 1.54) is 23.7 Å². The average Bonchev–Trinajstić information content (AvgIpc) is 3.36. The Kier molecular flexibility index (Phi) is 6.47. The molecule has 0 aliphatic heterocycles. The summed E-state index contributed by atoms with van der Waals surface area (Å²) >= 11 is 1.19. The van der Waals surface area contributed by atoms with Gasteiger partial charge in [0.2, 0.25) is 5.91 Å². The zero-order valence-corrected chi connectivity index (χ0v) is 20.2. The molecule has 2 amide bonds. The highest BCUT2D eigenvalue weighted by atomic mass is 32.1. The predicted molar refractivity (Wildman–Crippen MR) is 131 cm³/mol. The molecule has 176 valence electrons. The summed E-state index contributed by atoms with van der Waals surface area (Å²) in [5.74, 6) is -1.07. The molecule has 2 N–H and O–H groups in total.